The van der Waals surface area contributed by atoms with Gasteiger partial charge in [-0.2, -0.15) is 4.98 Å². The van der Waals surface area contributed by atoms with E-state index in [1.54, 1.807) is 12.4 Å². The molecule has 8 nitrogen and oxygen atoms in total. The number of para-hydroxylation sites is 1. The number of fused-ring (bicyclic) bond motifs is 1. The lowest BCUT2D eigenvalue weighted by molar-refractivity contribution is 0.122. The zero-order valence-corrected chi connectivity index (χ0v) is 15.5. The first-order valence-electron chi connectivity index (χ1n) is 9.44. The van der Waals surface area contributed by atoms with E-state index in [9.17, 15) is 0 Å². The van der Waals surface area contributed by atoms with E-state index in [0.717, 1.165) is 60.3 Å². The number of hydrogen-bond donors (Lipinski definition) is 1. The second-order valence-electron chi connectivity index (χ2n) is 6.84. The van der Waals surface area contributed by atoms with Gasteiger partial charge in [0.05, 0.1) is 18.9 Å². The van der Waals surface area contributed by atoms with Crippen molar-refractivity contribution < 1.29 is 4.74 Å². The Morgan fingerprint density at radius 3 is 2.43 bits per heavy atom. The monoisotopic (exact) mass is 375 g/mol. The summed E-state index contributed by atoms with van der Waals surface area (Å²) in [5.74, 6) is 1.93. The Kier molecular flexibility index (Phi) is 4.25. The summed E-state index contributed by atoms with van der Waals surface area (Å²) in [6.07, 6.45) is 4.34. The summed E-state index contributed by atoms with van der Waals surface area (Å²) in [4.78, 5) is 22.6. The third kappa shape index (κ3) is 3.01. The molecule has 3 aromatic rings. The van der Waals surface area contributed by atoms with E-state index in [-0.39, 0.29) is 5.95 Å². The van der Waals surface area contributed by atoms with Gasteiger partial charge in [0.15, 0.2) is 0 Å². The Morgan fingerprint density at radius 1 is 0.929 bits per heavy atom. The van der Waals surface area contributed by atoms with Gasteiger partial charge in [0.25, 0.3) is 0 Å². The minimum Gasteiger partial charge on any atom is -0.378 e. The number of hydrogen-bond acceptors (Lipinski definition) is 8. The van der Waals surface area contributed by atoms with Crippen LogP contribution in [0.5, 0.6) is 0 Å². The van der Waals surface area contributed by atoms with Crippen molar-refractivity contribution in [2.75, 3.05) is 48.4 Å². The summed E-state index contributed by atoms with van der Waals surface area (Å²) in [5.41, 5.74) is 9.67. The molecule has 1 saturated heterocycles. The van der Waals surface area contributed by atoms with Crippen molar-refractivity contribution in [3.05, 3.63) is 48.3 Å². The van der Waals surface area contributed by atoms with Crippen molar-refractivity contribution in [1.29, 1.82) is 0 Å². The smallest absolute Gasteiger partial charge is 0.228 e. The van der Waals surface area contributed by atoms with Gasteiger partial charge >= 0.3 is 0 Å². The zero-order valence-electron chi connectivity index (χ0n) is 15.5. The molecule has 0 saturated carbocycles. The number of benzene rings is 1. The number of morpholine rings is 1. The Balaban J connectivity index is 1.64. The topological polar surface area (TPSA) is 93.3 Å². The van der Waals surface area contributed by atoms with E-state index < -0.39 is 0 Å². The molecule has 8 heteroatoms. The molecule has 4 heterocycles. The molecule has 28 heavy (non-hydrogen) atoms. The van der Waals surface area contributed by atoms with E-state index in [2.05, 4.69) is 31.9 Å². The maximum atomic E-state index is 5.68. The minimum atomic E-state index is 0.258. The number of anilines is 4. The zero-order chi connectivity index (χ0) is 18.9. The average molecular weight is 375 g/mol. The van der Waals surface area contributed by atoms with Gasteiger partial charge < -0.3 is 20.3 Å². The second-order valence-corrected chi connectivity index (χ2v) is 6.84. The van der Waals surface area contributed by atoms with E-state index in [4.69, 9.17) is 20.4 Å². The number of nitrogen functional groups attached to an aromatic ring is 1. The van der Waals surface area contributed by atoms with Crippen LogP contribution in [-0.2, 0) is 11.2 Å². The standard InChI is InChI=1S/C20H21N7O/c21-19-22-12-14(13-23-19)17-16-6-7-27(15-4-2-1-3-5-15)18(16)25-20(24-17)26-8-10-28-11-9-26/h1-5,12-13H,6-11H2,(H2,21,22,23). The summed E-state index contributed by atoms with van der Waals surface area (Å²) < 4.78 is 5.49. The molecule has 0 bridgehead atoms. The third-order valence-corrected chi connectivity index (χ3v) is 5.12. The van der Waals surface area contributed by atoms with Crippen molar-refractivity contribution in [2.24, 2.45) is 0 Å². The fourth-order valence-corrected chi connectivity index (χ4v) is 3.71. The van der Waals surface area contributed by atoms with Gasteiger partial charge in [-0.25, -0.2) is 15.0 Å². The molecule has 0 spiro atoms. The van der Waals surface area contributed by atoms with Crippen LogP contribution >= 0.6 is 0 Å². The largest absolute Gasteiger partial charge is 0.378 e. The number of aromatic nitrogens is 4. The first-order valence-corrected chi connectivity index (χ1v) is 9.44. The van der Waals surface area contributed by atoms with Gasteiger partial charge in [-0.15, -0.1) is 0 Å². The fraction of sp³-hybridized carbons (Fsp3) is 0.300. The van der Waals surface area contributed by atoms with E-state index >= 15 is 0 Å². The molecule has 5 rings (SSSR count). The molecule has 142 valence electrons. The van der Waals surface area contributed by atoms with Gasteiger partial charge in [0.1, 0.15) is 5.82 Å². The highest BCUT2D eigenvalue weighted by Crippen LogP contribution is 2.38. The molecule has 0 unspecified atom stereocenters. The number of nitrogens with zero attached hydrogens (tertiary/aromatic N) is 6. The van der Waals surface area contributed by atoms with Crippen LogP contribution in [0.1, 0.15) is 5.56 Å². The van der Waals surface area contributed by atoms with Crippen molar-refractivity contribution >= 4 is 23.4 Å². The van der Waals surface area contributed by atoms with Crippen LogP contribution in [0.2, 0.25) is 0 Å². The van der Waals surface area contributed by atoms with Crippen molar-refractivity contribution in [3.8, 4) is 11.3 Å². The summed E-state index contributed by atoms with van der Waals surface area (Å²) in [5, 5.41) is 0. The second kappa shape index (κ2) is 7.05. The molecular formula is C20H21N7O. The average Bonchev–Trinajstić information content (AvgIpc) is 3.19. The lowest BCUT2D eigenvalue weighted by Crippen LogP contribution is -2.37. The lowest BCUT2D eigenvalue weighted by Gasteiger charge is -2.28. The van der Waals surface area contributed by atoms with Crippen LogP contribution in [0.15, 0.2) is 42.7 Å². The van der Waals surface area contributed by atoms with Gasteiger partial charge in [0.2, 0.25) is 11.9 Å². The molecule has 0 radical (unpaired) electrons. The highest BCUT2D eigenvalue weighted by molar-refractivity contribution is 5.76. The van der Waals surface area contributed by atoms with Crippen molar-refractivity contribution in [1.82, 2.24) is 19.9 Å². The van der Waals surface area contributed by atoms with Crippen LogP contribution in [0.3, 0.4) is 0 Å². The van der Waals surface area contributed by atoms with Crippen LogP contribution in [-0.4, -0.2) is 52.8 Å². The Morgan fingerprint density at radius 2 is 1.68 bits per heavy atom. The highest BCUT2D eigenvalue weighted by atomic mass is 16.5. The predicted molar refractivity (Wildman–Crippen MR) is 108 cm³/mol. The van der Waals surface area contributed by atoms with E-state index in [1.807, 2.05) is 18.2 Å². The Hall–Kier alpha value is -3.26. The Labute approximate surface area is 163 Å². The molecule has 1 aromatic carbocycles. The summed E-state index contributed by atoms with van der Waals surface area (Å²) in [7, 11) is 0. The predicted octanol–water partition coefficient (Wildman–Crippen LogP) is 2.05. The normalized spacial score (nSPS) is 16.3. The molecule has 1 fully saturated rings. The van der Waals surface area contributed by atoms with Gasteiger partial charge in [-0.3, -0.25) is 0 Å². The first-order chi connectivity index (χ1) is 13.8. The molecule has 2 aromatic heterocycles. The van der Waals surface area contributed by atoms with Gasteiger partial charge in [-0.1, -0.05) is 18.2 Å². The van der Waals surface area contributed by atoms with Gasteiger partial charge in [-0.05, 0) is 18.6 Å². The maximum Gasteiger partial charge on any atom is 0.228 e. The third-order valence-electron chi connectivity index (χ3n) is 5.12. The van der Waals surface area contributed by atoms with Crippen LogP contribution in [0.4, 0.5) is 23.4 Å². The molecule has 0 amide bonds. The molecule has 2 aliphatic heterocycles. The van der Waals surface area contributed by atoms with Crippen LogP contribution < -0.4 is 15.5 Å². The summed E-state index contributed by atoms with van der Waals surface area (Å²) >= 11 is 0. The molecule has 0 aliphatic carbocycles. The molecule has 2 N–H and O–H groups in total. The number of nitrogens with two attached hydrogens (primary N) is 1. The summed E-state index contributed by atoms with van der Waals surface area (Å²) in [6.45, 7) is 3.79. The van der Waals surface area contributed by atoms with Crippen molar-refractivity contribution in [2.45, 2.75) is 6.42 Å². The number of rotatable bonds is 3. The fourth-order valence-electron chi connectivity index (χ4n) is 3.71. The molecular weight excluding hydrogens is 354 g/mol. The van der Waals surface area contributed by atoms with E-state index in [1.165, 1.54) is 0 Å². The van der Waals surface area contributed by atoms with Crippen molar-refractivity contribution in [3.63, 3.8) is 0 Å². The molecule has 0 atom stereocenters. The van der Waals surface area contributed by atoms with E-state index in [0.29, 0.717) is 13.2 Å². The van der Waals surface area contributed by atoms with Crippen LogP contribution in [0.25, 0.3) is 11.3 Å². The Bertz CT molecular complexity index is 972. The minimum absolute atomic E-state index is 0.258. The molecule has 2 aliphatic rings. The van der Waals surface area contributed by atoms with Gasteiger partial charge in [0, 0.05) is 48.8 Å². The summed E-state index contributed by atoms with van der Waals surface area (Å²) in [6, 6.07) is 10.3. The number of ether oxygens (including phenoxy) is 1. The van der Waals surface area contributed by atoms with Crippen LogP contribution in [0, 0.1) is 0 Å². The lowest BCUT2D eigenvalue weighted by atomic mass is 10.1. The highest BCUT2D eigenvalue weighted by Gasteiger charge is 2.29. The quantitative estimate of drug-likeness (QED) is 0.743. The maximum absolute atomic E-state index is 5.68. The first kappa shape index (κ1) is 16.9. The SMILES string of the molecule is Nc1ncc(-c2nc(N3CCOCC3)nc3c2CCN3c2ccccc2)cn1.